The molecule has 0 aliphatic rings. The van der Waals surface area contributed by atoms with Crippen molar-refractivity contribution in [2.24, 2.45) is 0 Å². The number of aromatic nitrogens is 2. The summed E-state index contributed by atoms with van der Waals surface area (Å²) in [4.78, 5) is 42.4. The number of hydrogen-bond donors (Lipinski definition) is 1. The van der Waals surface area contributed by atoms with Crippen LogP contribution in [0, 0.1) is 0 Å². The molecule has 0 aliphatic carbocycles. The number of benzene rings is 3. The predicted octanol–water partition coefficient (Wildman–Crippen LogP) is 4.28. The number of methoxy groups -OCH3 is 1. The number of thioether (sulfide) groups is 1. The van der Waals surface area contributed by atoms with Crippen LogP contribution in [-0.4, -0.2) is 28.5 Å². The third-order valence-electron chi connectivity index (χ3n) is 5.04. The number of para-hydroxylation sites is 1. The van der Waals surface area contributed by atoms with Gasteiger partial charge in [-0.25, -0.2) is 4.98 Å². The molecular formula is C25H21N3O4S. The first-order valence-corrected chi connectivity index (χ1v) is 11.2. The Kier molecular flexibility index (Phi) is 6.55. The maximum absolute atomic E-state index is 13.2. The van der Waals surface area contributed by atoms with Crippen LogP contribution in [0.1, 0.15) is 33.2 Å². The lowest BCUT2D eigenvalue weighted by Gasteiger charge is -2.15. The average Bonchev–Trinajstić information content (AvgIpc) is 2.84. The number of carbonyl (C=O) groups excluding carboxylic acids is 2. The molecule has 4 aromatic rings. The zero-order chi connectivity index (χ0) is 23.4. The fourth-order valence-corrected chi connectivity index (χ4v) is 4.25. The standard InChI is InChI=1S/C25H21N3O4S/c1-16(29)18-12-13-22(32-2)19(14-18)15-33-25-26-21-11-7-6-10-20(21)24(31)28(25)27-23(30)17-8-4-3-5-9-17/h3-14H,15H2,1-2H3,(H,27,30). The zero-order valence-corrected chi connectivity index (χ0v) is 18.9. The Labute approximate surface area is 194 Å². The van der Waals surface area contributed by atoms with E-state index in [2.05, 4.69) is 10.4 Å². The molecule has 1 N–H and O–H groups in total. The first-order valence-electron chi connectivity index (χ1n) is 10.2. The Hall–Kier alpha value is -3.91. The van der Waals surface area contributed by atoms with E-state index in [-0.39, 0.29) is 11.3 Å². The van der Waals surface area contributed by atoms with Gasteiger partial charge in [0.15, 0.2) is 10.9 Å². The second-order valence-corrected chi connectivity index (χ2v) is 8.17. The number of rotatable bonds is 7. The van der Waals surface area contributed by atoms with Crippen molar-refractivity contribution in [1.82, 2.24) is 9.66 Å². The van der Waals surface area contributed by atoms with Crippen molar-refractivity contribution >= 4 is 34.4 Å². The van der Waals surface area contributed by atoms with Gasteiger partial charge < -0.3 is 4.74 Å². The summed E-state index contributed by atoms with van der Waals surface area (Å²) in [6.07, 6.45) is 0. The van der Waals surface area contributed by atoms with Crippen LogP contribution in [0.4, 0.5) is 0 Å². The maximum atomic E-state index is 13.2. The number of fused-ring (bicyclic) bond motifs is 1. The summed E-state index contributed by atoms with van der Waals surface area (Å²) >= 11 is 1.26. The van der Waals surface area contributed by atoms with Gasteiger partial charge in [0.2, 0.25) is 0 Å². The summed E-state index contributed by atoms with van der Waals surface area (Å²) in [6, 6.07) is 20.8. The van der Waals surface area contributed by atoms with E-state index in [1.165, 1.54) is 23.4 Å². The number of hydrogen-bond acceptors (Lipinski definition) is 6. The molecular weight excluding hydrogens is 438 g/mol. The van der Waals surface area contributed by atoms with Crippen LogP contribution in [0.2, 0.25) is 0 Å². The van der Waals surface area contributed by atoms with Crippen LogP contribution in [0.5, 0.6) is 5.75 Å². The second kappa shape index (κ2) is 9.70. The van der Waals surface area contributed by atoms with Gasteiger partial charge in [0.25, 0.3) is 11.5 Å². The van der Waals surface area contributed by atoms with E-state index in [0.29, 0.717) is 38.7 Å². The molecule has 0 fully saturated rings. The Morgan fingerprint density at radius 3 is 2.45 bits per heavy atom. The van der Waals surface area contributed by atoms with E-state index in [4.69, 9.17) is 4.74 Å². The first-order chi connectivity index (χ1) is 16.0. The Morgan fingerprint density at radius 1 is 1.00 bits per heavy atom. The SMILES string of the molecule is COc1ccc(C(C)=O)cc1CSc1nc2ccccc2c(=O)n1NC(=O)c1ccccc1. The maximum Gasteiger partial charge on any atom is 0.281 e. The molecule has 1 amide bonds. The number of amides is 1. The fraction of sp³-hybridized carbons (Fsp3) is 0.120. The largest absolute Gasteiger partial charge is 0.496 e. The molecule has 0 aliphatic heterocycles. The fourth-order valence-electron chi connectivity index (χ4n) is 3.32. The molecule has 0 spiro atoms. The molecule has 0 atom stereocenters. The minimum absolute atomic E-state index is 0.0558. The van der Waals surface area contributed by atoms with Gasteiger partial charge >= 0.3 is 0 Å². The lowest BCUT2D eigenvalue weighted by Crippen LogP contribution is -2.35. The third-order valence-corrected chi connectivity index (χ3v) is 6.03. The number of nitrogens with zero attached hydrogens (tertiary/aromatic N) is 2. The van der Waals surface area contributed by atoms with E-state index in [1.807, 2.05) is 6.07 Å². The van der Waals surface area contributed by atoms with Gasteiger partial charge in [-0.3, -0.25) is 19.8 Å². The number of ether oxygens (including phenoxy) is 1. The molecule has 1 aromatic heterocycles. The summed E-state index contributed by atoms with van der Waals surface area (Å²) in [5.41, 5.74) is 4.59. The molecule has 0 bridgehead atoms. The number of nitrogens with one attached hydrogen (secondary N) is 1. The molecule has 0 saturated heterocycles. The molecule has 7 nitrogen and oxygen atoms in total. The van der Waals surface area contributed by atoms with Gasteiger partial charge in [-0.2, -0.15) is 4.68 Å². The highest BCUT2D eigenvalue weighted by atomic mass is 32.2. The first kappa shape index (κ1) is 22.3. The number of carbonyl (C=O) groups is 2. The zero-order valence-electron chi connectivity index (χ0n) is 18.1. The molecule has 0 radical (unpaired) electrons. The smallest absolute Gasteiger partial charge is 0.281 e. The van der Waals surface area contributed by atoms with Crippen molar-refractivity contribution in [1.29, 1.82) is 0 Å². The lowest BCUT2D eigenvalue weighted by atomic mass is 10.1. The van der Waals surface area contributed by atoms with Gasteiger partial charge in [0.05, 0.1) is 18.0 Å². The van der Waals surface area contributed by atoms with Crippen LogP contribution in [-0.2, 0) is 5.75 Å². The van der Waals surface area contributed by atoms with E-state index in [9.17, 15) is 14.4 Å². The van der Waals surface area contributed by atoms with Crippen molar-refractivity contribution in [2.75, 3.05) is 12.5 Å². The van der Waals surface area contributed by atoms with Gasteiger partial charge in [-0.1, -0.05) is 42.1 Å². The van der Waals surface area contributed by atoms with E-state index in [1.54, 1.807) is 73.8 Å². The molecule has 3 aromatic carbocycles. The van der Waals surface area contributed by atoms with Crippen LogP contribution in [0.3, 0.4) is 0 Å². The summed E-state index contributed by atoms with van der Waals surface area (Å²) in [7, 11) is 1.56. The molecule has 4 rings (SSSR count). The van der Waals surface area contributed by atoms with Crippen molar-refractivity contribution in [3.63, 3.8) is 0 Å². The van der Waals surface area contributed by atoms with Gasteiger partial charge in [-0.15, -0.1) is 0 Å². The number of Topliss-reactive ketones (excluding diaryl/α,β-unsaturated/α-hetero) is 1. The Bertz CT molecular complexity index is 1400. The van der Waals surface area contributed by atoms with Crippen LogP contribution in [0.25, 0.3) is 10.9 Å². The summed E-state index contributed by atoms with van der Waals surface area (Å²) in [5.74, 6) is 0.513. The van der Waals surface area contributed by atoms with Crippen molar-refractivity contribution < 1.29 is 14.3 Å². The highest BCUT2D eigenvalue weighted by Crippen LogP contribution is 2.28. The summed E-state index contributed by atoms with van der Waals surface area (Å²) < 4.78 is 6.60. The molecule has 1 heterocycles. The van der Waals surface area contributed by atoms with Crippen molar-refractivity contribution in [2.45, 2.75) is 17.8 Å². The van der Waals surface area contributed by atoms with Crippen LogP contribution >= 0.6 is 11.8 Å². The highest BCUT2D eigenvalue weighted by molar-refractivity contribution is 7.98. The van der Waals surface area contributed by atoms with Gasteiger partial charge in [-0.05, 0) is 49.4 Å². The molecule has 0 saturated carbocycles. The molecule has 8 heteroatoms. The quantitative estimate of drug-likeness (QED) is 0.252. The van der Waals surface area contributed by atoms with E-state index >= 15 is 0 Å². The van der Waals surface area contributed by atoms with Gasteiger partial charge in [0, 0.05) is 22.4 Å². The minimum Gasteiger partial charge on any atom is -0.496 e. The Balaban J connectivity index is 1.73. The van der Waals surface area contributed by atoms with Crippen molar-refractivity contribution in [3.05, 3.63) is 99.8 Å². The van der Waals surface area contributed by atoms with E-state index < -0.39 is 5.91 Å². The molecule has 0 unspecified atom stereocenters. The van der Waals surface area contributed by atoms with E-state index in [0.717, 1.165) is 5.56 Å². The third kappa shape index (κ3) is 4.80. The van der Waals surface area contributed by atoms with Crippen LogP contribution < -0.4 is 15.7 Å². The van der Waals surface area contributed by atoms with Crippen LogP contribution in [0.15, 0.2) is 82.7 Å². The highest BCUT2D eigenvalue weighted by Gasteiger charge is 2.16. The predicted molar refractivity (Wildman–Crippen MR) is 129 cm³/mol. The lowest BCUT2D eigenvalue weighted by molar-refractivity contribution is 0.0999. The topological polar surface area (TPSA) is 90.3 Å². The average molecular weight is 460 g/mol. The molecule has 166 valence electrons. The van der Waals surface area contributed by atoms with Crippen molar-refractivity contribution in [3.8, 4) is 5.75 Å². The summed E-state index contributed by atoms with van der Waals surface area (Å²) in [6.45, 7) is 1.50. The second-order valence-electron chi connectivity index (χ2n) is 7.23. The Morgan fingerprint density at radius 2 is 1.73 bits per heavy atom. The minimum atomic E-state index is -0.423. The normalized spacial score (nSPS) is 10.7. The summed E-state index contributed by atoms with van der Waals surface area (Å²) in [5, 5.41) is 0.713. The van der Waals surface area contributed by atoms with Gasteiger partial charge in [0.1, 0.15) is 5.75 Å². The monoisotopic (exact) mass is 459 g/mol. The molecule has 33 heavy (non-hydrogen) atoms. The number of ketones is 1.